The van der Waals surface area contributed by atoms with Crippen LogP contribution in [0.3, 0.4) is 0 Å². The molecule has 0 bridgehead atoms. The molecule has 0 aliphatic carbocycles. The van der Waals surface area contributed by atoms with Crippen LogP contribution in [0.2, 0.25) is 0 Å². The second kappa shape index (κ2) is 16.0. The standard InChI is InChI=1S/2C19H19N3O3/c2*1-2-9-25-17-8-7-12(20)10-16(17)22-19(24)14-11-21-15-6-4-3-5-13(15)18(14)23/h2*3-8,10-11H,2,9,20H2,1H3,(H,21,23)(H,22,24). The Morgan fingerprint density at radius 2 is 1.02 bits per heavy atom. The molecule has 4 aromatic carbocycles. The molecular formula is C38H38N6O6. The molecule has 50 heavy (non-hydrogen) atoms. The highest BCUT2D eigenvalue weighted by molar-refractivity contribution is 6.07. The molecule has 8 N–H and O–H groups in total. The third kappa shape index (κ3) is 8.11. The monoisotopic (exact) mass is 674 g/mol. The van der Waals surface area contributed by atoms with Crippen LogP contribution < -0.4 is 42.4 Å². The number of rotatable bonds is 10. The number of pyridine rings is 2. The lowest BCUT2D eigenvalue weighted by Crippen LogP contribution is -2.22. The normalized spacial score (nSPS) is 10.6. The van der Waals surface area contributed by atoms with Crippen LogP contribution in [-0.2, 0) is 0 Å². The first-order valence-corrected chi connectivity index (χ1v) is 16.1. The summed E-state index contributed by atoms with van der Waals surface area (Å²) in [5.41, 5.74) is 14.2. The maximum absolute atomic E-state index is 12.6. The van der Waals surface area contributed by atoms with Crippen LogP contribution in [0.25, 0.3) is 21.8 Å². The molecule has 0 saturated carbocycles. The fraction of sp³-hybridized carbons (Fsp3) is 0.158. The van der Waals surface area contributed by atoms with Crippen LogP contribution in [0.5, 0.6) is 11.5 Å². The number of fused-ring (bicyclic) bond motifs is 2. The van der Waals surface area contributed by atoms with E-state index in [2.05, 4.69) is 20.6 Å². The van der Waals surface area contributed by atoms with Gasteiger partial charge in [-0.15, -0.1) is 0 Å². The molecule has 2 aromatic heterocycles. The van der Waals surface area contributed by atoms with E-state index in [-0.39, 0.29) is 22.0 Å². The van der Waals surface area contributed by atoms with Crippen molar-refractivity contribution >= 4 is 56.4 Å². The van der Waals surface area contributed by atoms with Crippen LogP contribution in [0, 0.1) is 0 Å². The number of amides is 2. The summed E-state index contributed by atoms with van der Waals surface area (Å²) in [6.07, 6.45) is 4.50. The van der Waals surface area contributed by atoms with Crippen LogP contribution >= 0.6 is 0 Å². The Hall–Kier alpha value is -6.56. The van der Waals surface area contributed by atoms with Crippen molar-refractivity contribution in [1.82, 2.24) is 9.97 Å². The van der Waals surface area contributed by atoms with Crippen LogP contribution in [0.4, 0.5) is 22.7 Å². The third-order valence-electron chi connectivity index (χ3n) is 7.49. The highest BCUT2D eigenvalue weighted by Gasteiger charge is 2.17. The van der Waals surface area contributed by atoms with Gasteiger partial charge in [-0.1, -0.05) is 38.1 Å². The molecule has 6 rings (SSSR count). The van der Waals surface area contributed by atoms with E-state index in [1.54, 1.807) is 72.8 Å². The molecule has 2 amide bonds. The number of hydrogen-bond acceptors (Lipinski definition) is 8. The van der Waals surface area contributed by atoms with Crippen molar-refractivity contribution in [3.05, 3.63) is 129 Å². The average molecular weight is 675 g/mol. The van der Waals surface area contributed by atoms with Gasteiger partial charge in [-0.25, -0.2) is 0 Å². The number of ether oxygens (including phenoxy) is 2. The second-order valence-electron chi connectivity index (χ2n) is 11.3. The molecule has 0 fully saturated rings. The highest BCUT2D eigenvalue weighted by Crippen LogP contribution is 2.29. The number of aromatic amines is 2. The summed E-state index contributed by atoms with van der Waals surface area (Å²) in [5, 5.41) is 6.36. The van der Waals surface area contributed by atoms with Gasteiger partial charge in [-0.2, -0.15) is 0 Å². The van der Waals surface area contributed by atoms with Crippen LogP contribution in [-0.4, -0.2) is 35.0 Å². The summed E-state index contributed by atoms with van der Waals surface area (Å²) in [6, 6.07) is 24.1. The summed E-state index contributed by atoms with van der Waals surface area (Å²) in [4.78, 5) is 56.2. The Kier molecular flexibility index (Phi) is 11.1. The molecule has 0 spiro atoms. The van der Waals surface area contributed by atoms with Gasteiger partial charge in [0.25, 0.3) is 11.8 Å². The lowest BCUT2D eigenvalue weighted by Gasteiger charge is -2.13. The van der Waals surface area contributed by atoms with Crippen molar-refractivity contribution < 1.29 is 19.1 Å². The number of nitrogen functional groups attached to an aromatic ring is 2. The zero-order chi connectivity index (χ0) is 35.6. The second-order valence-corrected chi connectivity index (χ2v) is 11.3. The number of nitrogens with two attached hydrogens (primary N) is 2. The number of anilines is 4. The van der Waals surface area contributed by atoms with E-state index in [1.807, 2.05) is 26.0 Å². The molecule has 0 aliphatic rings. The average Bonchev–Trinajstić information content (AvgIpc) is 3.11. The maximum Gasteiger partial charge on any atom is 0.261 e. The van der Waals surface area contributed by atoms with Gasteiger partial charge in [0.2, 0.25) is 10.9 Å². The molecule has 0 radical (unpaired) electrons. The van der Waals surface area contributed by atoms with E-state index in [1.165, 1.54) is 12.4 Å². The van der Waals surface area contributed by atoms with E-state index < -0.39 is 11.8 Å². The van der Waals surface area contributed by atoms with E-state index in [9.17, 15) is 19.2 Å². The Morgan fingerprint density at radius 1 is 0.620 bits per heavy atom. The summed E-state index contributed by atoms with van der Waals surface area (Å²) in [7, 11) is 0. The molecule has 0 aliphatic heterocycles. The first-order valence-electron chi connectivity index (χ1n) is 16.1. The van der Waals surface area contributed by atoms with Crippen molar-refractivity contribution in [2.75, 3.05) is 35.3 Å². The fourth-order valence-electron chi connectivity index (χ4n) is 5.02. The summed E-state index contributed by atoms with van der Waals surface area (Å²) in [5.74, 6) is 0.00105. The van der Waals surface area contributed by atoms with Crippen molar-refractivity contribution in [3.63, 3.8) is 0 Å². The van der Waals surface area contributed by atoms with Gasteiger partial charge in [0.05, 0.1) is 24.6 Å². The Bertz CT molecular complexity index is 2120. The molecule has 12 heteroatoms. The fourth-order valence-corrected chi connectivity index (χ4v) is 5.02. The lowest BCUT2D eigenvalue weighted by molar-refractivity contribution is 0.101. The van der Waals surface area contributed by atoms with Gasteiger partial charge >= 0.3 is 0 Å². The van der Waals surface area contributed by atoms with E-state index in [0.717, 1.165) is 12.8 Å². The number of H-pyrrole nitrogens is 2. The Balaban J connectivity index is 0.000000194. The van der Waals surface area contributed by atoms with Crippen molar-refractivity contribution in [1.29, 1.82) is 0 Å². The van der Waals surface area contributed by atoms with Gasteiger partial charge in [-0.3, -0.25) is 19.2 Å². The van der Waals surface area contributed by atoms with E-state index >= 15 is 0 Å². The van der Waals surface area contributed by atoms with Gasteiger partial charge in [0.15, 0.2) is 0 Å². The zero-order valence-electron chi connectivity index (χ0n) is 27.7. The molecule has 6 aromatic rings. The molecule has 12 nitrogen and oxygen atoms in total. The number of nitrogens with one attached hydrogen (secondary N) is 4. The molecule has 2 heterocycles. The van der Waals surface area contributed by atoms with E-state index in [0.29, 0.717) is 69.3 Å². The first kappa shape index (κ1) is 34.8. The van der Waals surface area contributed by atoms with Crippen LogP contribution in [0.15, 0.2) is 107 Å². The van der Waals surface area contributed by atoms with Crippen molar-refractivity contribution in [3.8, 4) is 11.5 Å². The molecular weight excluding hydrogens is 636 g/mol. The minimum absolute atomic E-state index is 0.0302. The molecule has 0 atom stereocenters. The first-order chi connectivity index (χ1) is 24.2. The number of benzene rings is 4. The number of para-hydroxylation sites is 2. The number of carbonyl (C=O) groups excluding carboxylic acids is 2. The van der Waals surface area contributed by atoms with E-state index in [4.69, 9.17) is 20.9 Å². The van der Waals surface area contributed by atoms with Gasteiger partial charge < -0.3 is 41.5 Å². The predicted octanol–water partition coefficient (Wildman–Crippen LogP) is 6.30. The SMILES string of the molecule is CCCOc1ccc(N)cc1NC(=O)c1c[nH]c2ccccc2c1=O.CCCOc1ccc(N)cc1NC(=O)c1c[nH]c2ccccc2c1=O. The summed E-state index contributed by atoms with van der Waals surface area (Å²) in [6.45, 7) is 5.01. The minimum Gasteiger partial charge on any atom is -0.491 e. The number of carbonyl (C=O) groups is 2. The number of aromatic nitrogens is 2. The zero-order valence-corrected chi connectivity index (χ0v) is 27.7. The van der Waals surface area contributed by atoms with Crippen LogP contribution in [0.1, 0.15) is 47.4 Å². The minimum atomic E-state index is -0.515. The summed E-state index contributed by atoms with van der Waals surface area (Å²) < 4.78 is 11.2. The van der Waals surface area contributed by atoms with Gasteiger partial charge in [-0.05, 0) is 73.5 Å². The largest absolute Gasteiger partial charge is 0.491 e. The summed E-state index contributed by atoms with van der Waals surface area (Å²) >= 11 is 0. The van der Waals surface area contributed by atoms with Gasteiger partial charge in [0, 0.05) is 45.6 Å². The van der Waals surface area contributed by atoms with Gasteiger partial charge in [0.1, 0.15) is 22.6 Å². The topological polar surface area (TPSA) is 194 Å². The highest BCUT2D eigenvalue weighted by atomic mass is 16.5. The number of hydrogen-bond donors (Lipinski definition) is 6. The molecule has 256 valence electrons. The Morgan fingerprint density at radius 3 is 1.42 bits per heavy atom. The Labute approximate surface area is 287 Å². The molecule has 0 saturated heterocycles. The smallest absolute Gasteiger partial charge is 0.261 e. The third-order valence-corrected chi connectivity index (χ3v) is 7.49. The lowest BCUT2D eigenvalue weighted by atomic mass is 10.1. The van der Waals surface area contributed by atoms with Crippen molar-refractivity contribution in [2.45, 2.75) is 26.7 Å². The maximum atomic E-state index is 12.6. The van der Waals surface area contributed by atoms with Crippen molar-refractivity contribution in [2.24, 2.45) is 0 Å². The quantitative estimate of drug-likeness (QED) is 0.0911. The predicted molar refractivity (Wildman–Crippen MR) is 198 cm³/mol. The molecule has 0 unspecified atom stereocenters.